The number of hydrogen-bond donors (Lipinski definition) is 2. The van der Waals surface area contributed by atoms with Gasteiger partial charge in [-0.05, 0) is 56.5 Å². The van der Waals surface area contributed by atoms with E-state index in [1.54, 1.807) is 4.68 Å². The maximum Gasteiger partial charge on any atom is 0.130 e. The number of aromatic nitrogens is 4. The summed E-state index contributed by atoms with van der Waals surface area (Å²) in [6.07, 6.45) is 3.64. The molecule has 1 saturated carbocycles. The molecule has 170 valence electrons. The van der Waals surface area contributed by atoms with Gasteiger partial charge in [0.25, 0.3) is 0 Å². The van der Waals surface area contributed by atoms with Crippen LogP contribution in [0.4, 0.5) is 10.2 Å². The number of anilines is 1. The Labute approximate surface area is 191 Å². The summed E-state index contributed by atoms with van der Waals surface area (Å²) in [5.41, 5.74) is 4.56. The first-order valence-corrected chi connectivity index (χ1v) is 11.5. The van der Waals surface area contributed by atoms with Gasteiger partial charge in [-0.3, -0.25) is 4.68 Å². The molecule has 6 rings (SSSR count). The highest BCUT2D eigenvalue weighted by Gasteiger charge is 2.33. The minimum absolute atomic E-state index is 0.207. The fraction of sp³-hybridized carbons (Fsp3) is 0.400. The van der Waals surface area contributed by atoms with Crippen LogP contribution in [0.2, 0.25) is 0 Å². The fourth-order valence-electron chi connectivity index (χ4n) is 5.08. The maximum absolute atomic E-state index is 13.1. The number of benzene rings is 1. The molecular weight excluding hydrogens is 419 g/mol. The molecule has 0 amide bonds. The number of nitrogens with zero attached hydrogens (tertiary/aromatic N) is 5. The molecule has 0 bridgehead atoms. The number of halogens is 1. The van der Waals surface area contributed by atoms with Crippen molar-refractivity contribution in [2.45, 2.75) is 44.4 Å². The van der Waals surface area contributed by atoms with Crippen LogP contribution in [0.25, 0.3) is 33.2 Å². The van der Waals surface area contributed by atoms with E-state index in [1.165, 1.54) is 0 Å². The average Bonchev–Trinajstić information content (AvgIpc) is 3.41. The Balaban J connectivity index is 1.26. The van der Waals surface area contributed by atoms with Crippen molar-refractivity contribution >= 4 is 27.8 Å². The summed E-state index contributed by atoms with van der Waals surface area (Å²) in [5, 5.41) is 19.8. The van der Waals surface area contributed by atoms with Crippen LogP contribution in [0.3, 0.4) is 0 Å². The highest BCUT2D eigenvalue weighted by atomic mass is 19.1. The third-order valence-corrected chi connectivity index (χ3v) is 6.99. The zero-order valence-corrected chi connectivity index (χ0v) is 18.8. The number of phenolic OH excluding ortho intramolecular Hbond substituents is 1. The monoisotopic (exact) mass is 446 g/mol. The Morgan fingerprint density at radius 2 is 1.88 bits per heavy atom. The topological polar surface area (TPSA) is 79.1 Å². The minimum atomic E-state index is -0.628. The Bertz CT molecular complexity index is 1360. The van der Waals surface area contributed by atoms with E-state index in [1.807, 2.05) is 50.5 Å². The van der Waals surface area contributed by atoms with E-state index >= 15 is 0 Å². The zero-order valence-electron chi connectivity index (χ0n) is 18.8. The van der Waals surface area contributed by atoms with E-state index in [-0.39, 0.29) is 5.75 Å². The van der Waals surface area contributed by atoms with Gasteiger partial charge in [0.1, 0.15) is 17.7 Å². The summed E-state index contributed by atoms with van der Waals surface area (Å²) in [6, 6.07) is 10.5. The molecule has 0 spiro atoms. The summed E-state index contributed by atoms with van der Waals surface area (Å²) in [5.74, 6) is 1.15. The van der Waals surface area contributed by atoms with Gasteiger partial charge in [-0.2, -0.15) is 5.10 Å². The van der Waals surface area contributed by atoms with Crippen LogP contribution < -0.4 is 10.2 Å². The lowest BCUT2D eigenvalue weighted by Crippen LogP contribution is -2.48. The molecule has 1 aliphatic heterocycles. The summed E-state index contributed by atoms with van der Waals surface area (Å²) in [6.45, 7) is 3.70. The molecule has 4 aromatic rings. The predicted molar refractivity (Wildman–Crippen MR) is 127 cm³/mol. The van der Waals surface area contributed by atoms with Gasteiger partial charge >= 0.3 is 0 Å². The van der Waals surface area contributed by atoms with Crippen LogP contribution >= 0.6 is 0 Å². The molecule has 7 nitrogen and oxygen atoms in total. The second-order valence-electron chi connectivity index (χ2n) is 9.41. The highest BCUT2D eigenvalue weighted by Crippen LogP contribution is 2.36. The summed E-state index contributed by atoms with van der Waals surface area (Å²) < 4.78 is 14.8. The Morgan fingerprint density at radius 3 is 2.70 bits per heavy atom. The van der Waals surface area contributed by atoms with Crippen molar-refractivity contribution in [3.8, 4) is 17.0 Å². The van der Waals surface area contributed by atoms with Crippen molar-refractivity contribution < 1.29 is 9.50 Å². The van der Waals surface area contributed by atoms with Gasteiger partial charge in [0.05, 0.1) is 22.2 Å². The summed E-state index contributed by atoms with van der Waals surface area (Å²) in [4.78, 5) is 11.9. The van der Waals surface area contributed by atoms with Crippen LogP contribution in [0.5, 0.6) is 5.75 Å². The van der Waals surface area contributed by atoms with E-state index in [4.69, 9.17) is 9.97 Å². The van der Waals surface area contributed by atoms with Crippen molar-refractivity contribution in [2.24, 2.45) is 7.05 Å². The van der Waals surface area contributed by atoms with Gasteiger partial charge in [-0.1, -0.05) is 0 Å². The van der Waals surface area contributed by atoms with E-state index in [2.05, 4.69) is 15.3 Å². The Kier molecular flexibility index (Phi) is 4.72. The third-order valence-electron chi connectivity index (χ3n) is 6.99. The summed E-state index contributed by atoms with van der Waals surface area (Å²) >= 11 is 0. The van der Waals surface area contributed by atoms with Crippen molar-refractivity contribution in [2.75, 3.05) is 18.0 Å². The standard InChI is InChI=1S/C25H27FN6O/c1-14-24-15(12-31(2)30-24)9-19(25(14)33)20-3-4-22-21(28-20)5-6-23(29-22)32-8-7-17(13-32)27-18-10-16(26)11-18/h3-6,9,12,16-18,27,33H,7-8,10-11,13H2,1-2H3/t16-,17-,18-/m0/s1. The molecule has 8 heteroatoms. The molecule has 33 heavy (non-hydrogen) atoms. The Hall–Kier alpha value is -3.26. The lowest BCUT2D eigenvalue weighted by atomic mass is 9.90. The number of nitrogens with one attached hydrogen (secondary N) is 1. The van der Waals surface area contributed by atoms with Gasteiger partial charge in [0, 0.05) is 54.9 Å². The van der Waals surface area contributed by atoms with E-state index in [9.17, 15) is 9.50 Å². The number of fused-ring (bicyclic) bond motifs is 2. The molecule has 1 aliphatic carbocycles. The number of rotatable bonds is 4. The first-order valence-electron chi connectivity index (χ1n) is 11.5. The van der Waals surface area contributed by atoms with Crippen molar-refractivity contribution in [3.05, 3.63) is 42.1 Å². The SMILES string of the molecule is Cc1c(O)c(-c2ccc3nc(N4CC[C@H](N[C@H]5C[C@H](F)C5)C4)ccc3n2)cc2cn(C)nc12. The molecule has 2 N–H and O–H groups in total. The molecule has 2 aliphatic rings. The van der Waals surface area contributed by atoms with Gasteiger partial charge in [-0.25, -0.2) is 14.4 Å². The maximum atomic E-state index is 13.1. The predicted octanol–water partition coefficient (Wildman–Crippen LogP) is 3.87. The summed E-state index contributed by atoms with van der Waals surface area (Å²) in [7, 11) is 1.87. The first-order chi connectivity index (χ1) is 15.9. The smallest absolute Gasteiger partial charge is 0.130 e. The molecule has 4 heterocycles. The number of alkyl halides is 1. The molecule has 1 aromatic carbocycles. The van der Waals surface area contributed by atoms with Crippen molar-refractivity contribution in [1.29, 1.82) is 0 Å². The van der Waals surface area contributed by atoms with E-state index in [0.717, 1.165) is 52.8 Å². The first kappa shape index (κ1) is 20.4. The number of hydrogen-bond acceptors (Lipinski definition) is 6. The lowest BCUT2D eigenvalue weighted by molar-refractivity contribution is 0.148. The molecule has 3 aromatic heterocycles. The minimum Gasteiger partial charge on any atom is -0.507 e. The molecule has 1 atom stereocenters. The Morgan fingerprint density at radius 1 is 1.09 bits per heavy atom. The molecule has 2 fully saturated rings. The molecule has 1 saturated heterocycles. The average molecular weight is 447 g/mol. The van der Waals surface area contributed by atoms with Gasteiger partial charge in [0.15, 0.2) is 0 Å². The number of phenols is 1. The van der Waals surface area contributed by atoms with E-state index in [0.29, 0.717) is 36.2 Å². The van der Waals surface area contributed by atoms with Crippen LogP contribution in [0.15, 0.2) is 36.5 Å². The highest BCUT2D eigenvalue weighted by molar-refractivity contribution is 5.91. The second-order valence-corrected chi connectivity index (χ2v) is 9.41. The van der Waals surface area contributed by atoms with Crippen LogP contribution in [0.1, 0.15) is 24.8 Å². The lowest BCUT2D eigenvalue weighted by Gasteiger charge is -2.33. The fourth-order valence-corrected chi connectivity index (χ4v) is 5.08. The van der Waals surface area contributed by atoms with Crippen LogP contribution in [0, 0.1) is 6.92 Å². The molecule has 0 unspecified atom stereocenters. The quantitative estimate of drug-likeness (QED) is 0.496. The van der Waals surface area contributed by atoms with Crippen LogP contribution in [-0.2, 0) is 7.05 Å². The number of aromatic hydroxyl groups is 1. The van der Waals surface area contributed by atoms with E-state index < -0.39 is 6.17 Å². The molecule has 0 radical (unpaired) electrons. The number of aryl methyl sites for hydroxylation is 2. The molecular formula is C25H27FN6O. The van der Waals surface area contributed by atoms with Crippen LogP contribution in [-0.4, -0.2) is 56.2 Å². The normalized spacial score (nSPS) is 22.9. The third kappa shape index (κ3) is 3.58. The van der Waals surface area contributed by atoms with Gasteiger partial charge < -0.3 is 15.3 Å². The van der Waals surface area contributed by atoms with Crippen molar-refractivity contribution in [1.82, 2.24) is 25.1 Å². The van der Waals surface area contributed by atoms with Crippen molar-refractivity contribution in [3.63, 3.8) is 0 Å². The second kappa shape index (κ2) is 7.66. The van der Waals surface area contributed by atoms with Gasteiger partial charge in [-0.15, -0.1) is 0 Å². The zero-order chi connectivity index (χ0) is 22.7. The van der Waals surface area contributed by atoms with Gasteiger partial charge in [0.2, 0.25) is 0 Å². The number of pyridine rings is 2. The largest absolute Gasteiger partial charge is 0.507 e.